The molecule has 112 valence electrons. The topological polar surface area (TPSA) is 90.6 Å². The normalized spacial score (nSPS) is 16.2. The number of hydrogen-bond donors (Lipinski definition) is 2. The van der Waals surface area contributed by atoms with Crippen LogP contribution in [0.15, 0.2) is 0 Å². The first-order valence-corrected chi connectivity index (χ1v) is 6.42. The van der Waals surface area contributed by atoms with Crippen molar-refractivity contribution in [1.82, 2.24) is 5.32 Å². The zero-order valence-electron chi connectivity index (χ0n) is 12.7. The van der Waals surface area contributed by atoms with Crippen LogP contribution in [-0.4, -0.2) is 35.9 Å². The zero-order chi connectivity index (χ0) is 15.3. The third kappa shape index (κ3) is 7.66. The molecular weight excluding hydrogens is 248 g/mol. The van der Waals surface area contributed by atoms with Gasteiger partial charge >= 0.3 is 12.1 Å². The lowest BCUT2D eigenvalue weighted by molar-refractivity contribution is -0.144. The molecule has 0 rings (SSSR count). The Morgan fingerprint density at radius 3 is 2.21 bits per heavy atom. The molecule has 19 heavy (non-hydrogen) atoms. The number of nitrogens with one attached hydrogen (secondary N) is 1. The molecule has 0 aromatic rings. The predicted octanol–water partition coefficient (Wildman–Crippen LogP) is 1.57. The molecule has 0 radical (unpaired) electrons. The minimum Gasteiger partial charge on any atom is -0.466 e. The molecule has 0 bridgehead atoms. The maximum absolute atomic E-state index is 11.6. The number of rotatable bonds is 5. The van der Waals surface area contributed by atoms with Crippen molar-refractivity contribution in [3.05, 3.63) is 0 Å². The van der Waals surface area contributed by atoms with E-state index in [9.17, 15) is 9.59 Å². The van der Waals surface area contributed by atoms with Crippen molar-refractivity contribution in [2.45, 2.75) is 65.1 Å². The average Bonchev–Trinajstić information content (AvgIpc) is 2.13. The highest BCUT2D eigenvalue weighted by atomic mass is 16.6. The molecule has 2 unspecified atom stereocenters. The maximum atomic E-state index is 11.6. The summed E-state index contributed by atoms with van der Waals surface area (Å²) in [4.78, 5) is 23.1. The number of hydrogen-bond acceptors (Lipinski definition) is 5. The summed E-state index contributed by atoms with van der Waals surface area (Å²) in [5, 5.41) is 2.63. The molecule has 0 aliphatic carbocycles. The number of esters is 1. The molecule has 0 saturated carbocycles. The first kappa shape index (κ1) is 17.7. The van der Waals surface area contributed by atoms with Crippen molar-refractivity contribution >= 4 is 12.1 Å². The second-order valence-electron chi connectivity index (χ2n) is 5.86. The van der Waals surface area contributed by atoms with E-state index in [4.69, 9.17) is 15.2 Å². The van der Waals surface area contributed by atoms with Crippen LogP contribution in [0.5, 0.6) is 0 Å². The van der Waals surface area contributed by atoms with Crippen LogP contribution >= 0.6 is 0 Å². The lowest BCUT2D eigenvalue weighted by Crippen LogP contribution is -2.56. The van der Waals surface area contributed by atoms with Crippen molar-refractivity contribution in [3.8, 4) is 0 Å². The number of carbonyl (C=O) groups is 2. The van der Waals surface area contributed by atoms with Crippen LogP contribution in [0.1, 0.15) is 48.0 Å². The monoisotopic (exact) mass is 274 g/mol. The first-order chi connectivity index (χ1) is 8.48. The number of alkyl carbamates (subject to hydrolysis) is 1. The average molecular weight is 274 g/mol. The summed E-state index contributed by atoms with van der Waals surface area (Å²) in [7, 11) is 0. The van der Waals surface area contributed by atoms with E-state index < -0.39 is 23.3 Å². The smallest absolute Gasteiger partial charge is 0.407 e. The van der Waals surface area contributed by atoms with E-state index in [1.807, 2.05) is 0 Å². The van der Waals surface area contributed by atoms with E-state index in [-0.39, 0.29) is 12.4 Å². The van der Waals surface area contributed by atoms with Gasteiger partial charge in [0, 0.05) is 11.6 Å². The van der Waals surface area contributed by atoms with Gasteiger partial charge in [-0.1, -0.05) is 0 Å². The molecule has 0 aromatic heterocycles. The van der Waals surface area contributed by atoms with Gasteiger partial charge in [-0.2, -0.15) is 0 Å². The molecule has 6 nitrogen and oxygen atoms in total. The molecule has 0 fully saturated rings. The van der Waals surface area contributed by atoms with E-state index in [2.05, 4.69) is 5.32 Å². The van der Waals surface area contributed by atoms with Crippen LogP contribution in [0.25, 0.3) is 0 Å². The summed E-state index contributed by atoms with van der Waals surface area (Å²) >= 11 is 0. The van der Waals surface area contributed by atoms with Crippen LogP contribution < -0.4 is 11.1 Å². The van der Waals surface area contributed by atoms with Gasteiger partial charge in [0.05, 0.1) is 13.0 Å². The molecule has 6 heteroatoms. The summed E-state index contributed by atoms with van der Waals surface area (Å²) in [6, 6.07) is -0.424. The third-order valence-corrected chi connectivity index (χ3v) is 2.55. The van der Waals surface area contributed by atoms with Crippen LogP contribution in [0.4, 0.5) is 4.79 Å². The van der Waals surface area contributed by atoms with Crippen molar-refractivity contribution < 1.29 is 19.1 Å². The fourth-order valence-corrected chi connectivity index (χ4v) is 1.33. The van der Waals surface area contributed by atoms with Gasteiger partial charge in [0.15, 0.2) is 0 Å². The molecule has 0 saturated heterocycles. The lowest BCUT2D eigenvalue weighted by Gasteiger charge is -2.32. The fourth-order valence-electron chi connectivity index (χ4n) is 1.33. The lowest BCUT2D eigenvalue weighted by atomic mass is 9.91. The molecular formula is C13H26N2O4. The van der Waals surface area contributed by atoms with E-state index >= 15 is 0 Å². The van der Waals surface area contributed by atoms with Gasteiger partial charge in [0.1, 0.15) is 5.60 Å². The molecule has 0 aromatic carbocycles. The second kappa shape index (κ2) is 6.75. The quantitative estimate of drug-likeness (QED) is 0.743. The van der Waals surface area contributed by atoms with Gasteiger partial charge in [0.2, 0.25) is 0 Å². The molecule has 1 amide bonds. The Labute approximate surface area is 115 Å². The Bertz CT molecular complexity index is 321. The van der Waals surface area contributed by atoms with Crippen LogP contribution in [0.2, 0.25) is 0 Å². The number of carbonyl (C=O) groups excluding carboxylic acids is 2. The Morgan fingerprint density at radius 1 is 1.26 bits per heavy atom. The summed E-state index contributed by atoms with van der Waals surface area (Å²) in [5.74, 6) is -0.384. The van der Waals surface area contributed by atoms with E-state index in [0.717, 1.165) is 0 Å². The number of amides is 1. The van der Waals surface area contributed by atoms with Crippen LogP contribution in [0, 0.1) is 0 Å². The molecule has 0 aliphatic rings. The SMILES string of the molecule is CCOC(=O)CC(C)(N)C(C)NC(=O)OC(C)(C)C. The number of ether oxygens (including phenoxy) is 2. The van der Waals surface area contributed by atoms with Gasteiger partial charge in [-0.15, -0.1) is 0 Å². The molecule has 0 heterocycles. The van der Waals surface area contributed by atoms with E-state index in [1.165, 1.54) is 0 Å². The molecule has 2 atom stereocenters. The highest BCUT2D eigenvalue weighted by Crippen LogP contribution is 2.14. The highest BCUT2D eigenvalue weighted by Gasteiger charge is 2.32. The van der Waals surface area contributed by atoms with Crippen molar-refractivity contribution in [2.24, 2.45) is 5.73 Å². The number of nitrogens with two attached hydrogens (primary N) is 1. The largest absolute Gasteiger partial charge is 0.466 e. The second-order valence-corrected chi connectivity index (χ2v) is 5.86. The summed E-state index contributed by atoms with van der Waals surface area (Å²) < 4.78 is 9.98. The maximum Gasteiger partial charge on any atom is 0.407 e. The van der Waals surface area contributed by atoms with E-state index in [0.29, 0.717) is 6.61 Å². The minimum atomic E-state index is -0.900. The van der Waals surface area contributed by atoms with E-state index in [1.54, 1.807) is 41.5 Å². The van der Waals surface area contributed by atoms with Crippen molar-refractivity contribution in [2.75, 3.05) is 6.61 Å². The Balaban J connectivity index is 4.42. The molecule has 3 N–H and O–H groups in total. The zero-order valence-corrected chi connectivity index (χ0v) is 12.7. The summed E-state index contributed by atoms with van der Waals surface area (Å²) in [6.07, 6.45) is -0.529. The molecule has 0 aliphatic heterocycles. The van der Waals surface area contributed by atoms with Crippen LogP contribution in [0.3, 0.4) is 0 Å². The highest BCUT2D eigenvalue weighted by molar-refractivity contribution is 5.72. The van der Waals surface area contributed by atoms with Gasteiger partial charge in [-0.3, -0.25) is 4.79 Å². The van der Waals surface area contributed by atoms with Gasteiger partial charge in [0.25, 0.3) is 0 Å². The minimum absolute atomic E-state index is 0.0256. The van der Waals surface area contributed by atoms with Crippen molar-refractivity contribution in [3.63, 3.8) is 0 Å². The molecule has 0 spiro atoms. The fraction of sp³-hybridized carbons (Fsp3) is 0.846. The predicted molar refractivity (Wildman–Crippen MR) is 72.7 cm³/mol. The summed E-state index contributed by atoms with van der Waals surface area (Å²) in [6.45, 7) is 10.8. The Kier molecular flexibility index (Phi) is 6.29. The Hall–Kier alpha value is -1.30. The van der Waals surface area contributed by atoms with Gasteiger partial charge < -0.3 is 20.5 Å². The standard InChI is InChI=1S/C13H26N2O4/c1-7-18-10(16)8-13(6,14)9(2)15-11(17)19-12(3,4)5/h9H,7-8,14H2,1-6H3,(H,15,17). The first-order valence-electron chi connectivity index (χ1n) is 6.42. The van der Waals surface area contributed by atoms with Gasteiger partial charge in [-0.25, -0.2) is 4.79 Å². The van der Waals surface area contributed by atoms with Gasteiger partial charge in [-0.05, 0) is 41.5 Å². The van der Waals surface area contributed by atoms with Crippen LogP contribution in [-0.2, 0) is 14.3 Å². The Morgan fingerprint density at radius 2 is 1.79 bits per heavy atom. The van der Waals surface area contributed by atoms with Crippen molar-refractivity contribution in [1.29, 1.82) is 0 Å². The summed E-state index contributed by atoms with van der Waals surface area (Å²) in [5.41, 5.74) is 4.56. The third-order valence-electron chi connectivity index (χ3n) is 2.55.